The van der Waals surface area contributed by atoms with Crippen LogP contribution in [-0.4, -0.2) is 0 Å². The van der Waals surface area contributed by atoms with Crippen molar-refractivity contribution >= 4 is 65.7 Å². The van der Waals surface area contributed by atoms with E-state index in [9.17, 15) is 4.39 Å². The molecule has 0 radical (unpaired) electrons. The van der Waals surface area contributed by atoms with Crippen LogP contribution in [0.3, 0.4) is 0 Å². The molecule has 0 aliphatic rings. The first kappa shape index (κ1) is 14.9. The van der Waals surface area contributed by atoms with Crippen LogP contribution in [0.2, 0.25) is 0 Å². The summed E-state index contributed by atoms with van der Waals surface area (Å²) in [5.41, 5.74) is 3.44. The van der Waals surface area contributed by atoms with Crippen molar-refractivity contribution in [3.8, 4) is 0 Å². The lowest BCUT2D eigenvalue weighted by atomic mass is 10.1. The van der Waals surface area contributed by atoms with Crippen molar-refractivity contribution in [3.05, 3.63) is 72.0 Å². The number of nitrogens with zero attached hydrogens (tertiary/aromatic N) is 1. The molecule has 0 unspecified atom stereocenters. The van der Waals surface area contributed by atoms with E-state index in [0.717, 1.165) is 31.5 Å². The fraction of sp³-hybridized carbons (Fsp3) is 0.0526. The lowest BCUT2D eigenvalue weighted by Gasteiger charge is -2.17. The van der Waals surface area contributed by atoms with Gasteiger partial charge in [0.25, 0.3) is 0 Å². The Morgan fingerprint density at radius 2 is 1.52 bits per heavy atom. The Hall–Kier alpha value is -1.66. The minimum absolute atomic E-state index is 0.148. The van der Waals surface area contributed by atoms with Crippen molar-refractivity contribution in [3.63, 3.8) is 0 Å². The monoisotopic (exact) mass is 433 g/mol. The number of aryl methyl sites for hydroxylation is 1. The van der Waals surface area contributed by atoms with E-state index in [4.69, 9.17) is 0 Å². The maximum absolute atomic E-state index is 14.1. The Labute approximate surface area is 151 Å². The van der Waals surface area contributed by atoms with Gasteiger partial charge in [-0.25, -0.2) is 4.39 Å². The van der Waals surface area contributed by atoms with Crippen molar-refractivity contribution in [2.24, 2.45) is 0 Å². The molecule has 0 saturated carbocycles. The quantitative estimate of drug-likeness (QED) is 0.243. The molecule has 4 aromatic rings. The first-order valence-electron chi connectivity index (χ1n) is 7.27. The molecule has 23 heavy (non-hydrogen) atoms. The molecule has 0 fully saturated rings. The first-order chi connectivity index (χ1) is 11.1. The van der Waals surface area contributed by atoms with Gasteiger partial charge < -0.3 is 0 Å². The third kappa shape index (κ3) is 2.50. The van der Waals surface area contributed by atoms with E-state index in [-0.39, 0.29) is 5.82 Å². The van der Waals surface area contributed by atoms with Gasteiger partial charge in [-0.05, 0) is 31.2 Å². The van der Waals surface area contributed by atoms with Gasteiger partial charge in [-0.3, -0.25) is 3.11 Å². The van der Waals surface area contributed by atoms with Gasteiger partial charge in [0, 0.05) is 10.8 Å². The Morgan fingerprint density at radius 1 is 0.870 bits per heavy atom. The first-order valence-corrected chi connectivity index (χ1v) is 9.05. The molecule has 0 aliphatic heterocycles. The zero-order chi connectivity index (χ0) is 16.0. The molecular formula is C19H13FINS. The molecule has 1 heterocycles. The number of rotatable bonds is 2. The van der Waals surface area contributed by atoms with Crippen LogP contribution in [0.5, 0.6) is 0 Å². The second-order valence-electron chi connectivity index (χ2n) is 5.49. The number of benzene rings is 3. The summed E-state index contributed by atoms with van der Waals surface area (Å²) in [6.07, 6.45) is 0. The maximum Gasteiger partial charge on any atom is 0.141 e. The normalized spacial score (nSPS) is 11.3. The van der Waals surface area contributed by atoms with Crippen molar-refractivity contribution < 1.29 is 4.39 Å². The number of anilines is 2. The van der Waals surface area contributed by atoms with Crippen LogP contribution in [0.4, 0.5) is 15.8 Å². The molecule has 1 aromatic heterocycles. The number of hydrogen-bond donors (Lipinski definition) is 0. The molecule has 0 aliphatic carbocycles. The predicted octanol–water partition coefficient (Wildman–Crippen LogP) is 6.99. The van der Waals surface area contributed by atoms with Crippen LogP contribution in [-0.2, 0) is 0 Å². The van der Waals surface area contributed by atoms with Gasteiger partial charge in [-0.1, -0.05) is 42.0 Å². The molecule has 0 saturated heterocycles. The van der Waals surface area contributed by atoms with E-state index in [1.807, 2.05) is 12.1 Å². The molecule has 0 atom stereocenters. The summed E-state index contributed by atoms with van der Waals surface area (Å²) < 4.78 is 18.1. The summed E-state index contributed by atoms with van der Waals surface area (Å²) >= 11 is 3.83. The van der Waals surface area contributed by atoms with Crippen LogP contribution in [0.1, 0.15) is 5.56 Å². The van der Waals surface area contributed by atoms with Crippen LogP contribution < -0.4 is 3.11 Å². The molecule has 4 rings (SSSR count). The highest BCUT2D eigenvalue weighted by molar-refractivity contribution is 14.1. The lowest BCUT2D eigenvalue weighted by molar-refractivity contribution is 0.642. The van der Waals surface area contributed by atoms with Crippen LogP contribution in [0.25, 0.3) is 20.2 Å². The fourth-order valence-corrected chi connectivity index (χ4v) is 4.84. The topological polar surface area (TPSA) is 3.24 Å². The lowest BCUT2D eigenvalue weighted by Crippen LogP contribution is -2.00. The third-order valence-electron chi connectivity index (χ3n) is 3.93. The van der Waals surface area contributed by atoms with Crippen LogP contribution in [0.15, 0.2) is 60.7 Å². The summed E-state index contributed by atoms with van der Waals surface area (Å²) in [5, 5.41) is 2.09. The Kier molecular flexibility index (Phi) is 3.73. The summed E-state index contributed by atoms with van der Waals surface area (Å²) in [5.74, 6) is -0.148. The number of fused-ring (bicyclic) bond motifs is 3. The average Bonchev–Trinajstić information content (AvgIpc) is 2.95. The fourth-order valence-electron chi connectivity index (χ4n) is 2.74. The molecule has 0 amide bonds. The standard InChI is InChI=1S/C19H13FINS/c1-12-8-10-13(11-9-12)22(21)17-7-3-5-15-14-4-2-6-16(20)18(14)23-19(15)17/h2-11H,1H3. The van der Waals surface area contributed by atoms with Gasteiger partial charge >= 0.3 is 0 Å². The van der Waals surface area contributed by atoms with Crippen molar-refractivity contribution in [1.82, 2.24) is 0 Å². The average molecular weight is 433 g/mol. The molecule has 0 spiro atoms. The predicted molar refractivity (Wildman–Crippen MR) is 107 cm³/mol. The van der Waals surface area contributed by atoms with Gasteiger partial charge in [0.05, 0.1) is 43.6 Å². The van der Waals surface area contributed by atoms with E-state index in [1.165, 1.54) is 23.0 Å². The third-order valence-corrected chi connectivity index (χ3v) is 6.26. The zero-order valence-corrected chi connectivity index (χ0v) is 15.4. The SMILES string of the molecule is Cc1ccc(N(I)c2cccc3c2sc2c(F)cccc23)cc1. The van der Waals surface area contributed by atoms with Gasteiger partial charge in [0.2, 0.25) is 0 Å². The minimum atomic E-state index is -0.148. The molecule has 0 N–H and O–H groups in total. The Bertz CT molecular complexity index is 1010. The molecule has 0 bridgehead atoms. The van der Waals surface area contributed by atoms with Crippen molar-refractivity contribution in [2.75, 3.05) is 3.11 Å². The second-order valence-corrected chi connectivity index (χ2v) is 7.47. The van der Waals surface area contributed by atoms with Gasteiger partial charge in [0.1, 0.15) is 5.82 Å². The Balaban J connectivity index is 1.95. The van der Waals surface area contributed by atoms with E-state index in [2.05, 4.69) is 69.3 Å². The summed E-state index contributed by atoms with van der Waals surface area (Å²) in [6.45, 7) is 2.08. The highest BCUT2D eigenvalue weighted by Crippen LogP contribution is 2.43. The summed E-state index contributed by atoms with van der Waals surface area (Å²) in [6, 6.07) is 19.9. The van der Waals surface area contributed by atoms with Crippen LogP contribution in [0, 0.1) is 12.7 Å². The maximum atomic E-state index is 14.1. The van der Waals surface area contributed by atoms with Gasteiger partial charge in [0.15, 0.2) is 0 Å². The van der Waals surface area contributed by atoms with Gasteiger partial charge in [-0.2, -0.15) is 0 Å². The van der Waals surface area contributed by atoms with E-state index >= 15 is 0 Å². The number of thiophene rings is 1. The number of halogens is 2. The molecule has 114 valence electrons. The highest BCUT2D eigenvalue weighted by Gasteiger charge is 2.15. The second kappa shape index (κ2) is 5.76. The molecular weight excluding hydrogens is 420 g/mol. The Morgan fingerprint density at radius 3 is 2.26 bits per heavy atom. The van der Waals surface area contributed by atoms with E-state index in [1.54, 1.807) is 6.07 Å². The largest absolute Gasteiger partial charge is 0.282 e. The van der Waals surface area contributed by atoms with E-state index < -0.39 is 0 Å². The van der Waals surface area contributed by atoms with Crippen LogP contribution >= 0.6 is 34.2 Å². The van der Waals surface area contributed by atoms with Crippen molar-refractivity contribution in [1.29, 1.82) is 0 Å². The minimum Gasteiger partial charge on any atom is -0.282 e. The smallest absolute Gasteiger partial charge is 0.141 e. The molecule has 4 heteroatoms. The summed E-state index contributed by atoms with van der Waals surface area (Å²) in [4.78, 5) is 0. The molecule has 1 nitrogen and oxygen atoms in total. The van der Waals surface area contributed by atoms with E-state index in [0.29, 0.717) is 0 Å². The van der Waals surface area contributed by atoms with Crippen molar-refractivity contribution in [2.45, 2.75) is 6.92 Å². The highest BCUT2D eigenvalue weighted by atomic mass is 127. The van der Waals surface area contributed by atoms with Gasteiger partial charge in [-0.15, -0.1) is 11.3 Å². The summed E-state index contributed by atoms with van der Waals surface area (Å²) in [7, 11) is 0. The molecule has 3 aromatic carbocycles. The zero-order valence-electron chi connectivity index (χ0n) is 12.4. The number of hydrogen-bond acceptors (Lipinski definition) is 2.